The van der Waals surface area contributed by atoms with Crippen molar-refractivity contribution in [2.75, 3.05) is 0 Å². The van der Waals surface area contributed by atoms with Gasteiger partial charge in [0, 0.05) is 16.5 Å². The summed E-state index contributed by atoms with van der Waals surface area (Å²) in [6, 6.07) is 13.2. The first-order chi connectivity index (χ1) is 15.6. The van der Waals surface area contributed by atoms with E-state index in [1.54, 1.807) is 38.1 Å². The molecule has 4 rings (SSSR count). The molecule has 0 fully saturated rings. The summed E-state index contributed by atoms with van der Waals surface area (Å²) in [5.74, 6) is -8.52. The molecule has 0 amide bonds. The smallest absolute Gasteiger partial charge is 0.195 e. The van der Waals surface area contributed by atoms with Crippen LogP contribution in [0.25, 0.3) is 22.5 Å². The molecule has 0 atom stereocenters. The van der Waals surface area contributed by atoms with Gasteiger partial charge < -0.3 is 0 Å². The van der Waals surface area contributed by atoms with Crippen molar-refractivity contribution in [3.8, 4) is 22.5 Å². The molecule has 4 aromatic rings. The molecule has 0 bridgehead atoms. The number of benzene rings is 2. The van der Waals surface area contributed by atoms with Crippen LogP contribution in [0.2, 0.25) is 0 Å². The summed E-state index contributed by atoms with van der Waals surface area (Å²) in [5.41, 5.74) is -0.330. The summed E-state index contributed by atoms with van der Waals surface area (Å²) in [4.78, 5) is 8.83. The van der Waals surface area contributed by atoms with Crippen molar-refractivity contribution in [1.29, 1.82) is 0 Å². The number of rotatable bonds is 4. The molecule has 2 nitrogen and oxygen atoms in total. The molecule has 0 saturated carbocycles. The Kier molecular flexibility index (Phi) is 5.69. The van der Waals surface area contributed by atoms with Gasteiger partial charge in [-0.05, 0) is 62.4 Å². The highest BCUT2D eigenvalue weighted by atomic mass is 19.2. The van der Waals surface area contributed by atoms with E-state index < -0.39 is 40.3 Å². The minimum absolute atomic E-state index is 0.0831. The third-order valence-corrected chi connectivity index (χ3v) is 5.40. The molecule has 33 heavy (non-hydrogen) atoms. The van der Waals surface area contributed by atoms with Gasteiger partial charge in [-0.25, -0.2) is 26.3 Å². The Bertz CT molecular complexity index is 1260. The second kappa shape index (κ2) is 8.35. The Morgan fingerprint density at radius 3 is 1.30 bits per heavy atom. The van der Waals surface area contributed by atoms with Crippen LogP contribution in [0.4, 0.5) is 26.3 Å². The molecule has 168 valence electrons. The molecular weight excluding hydrogens is 442 g/mol. The Morgan fingerprint density at radius 2 is 0.909 bits per heavy atom. The van der Waals surface area contributed by atoms with Gasteiger partial charge in [0.1, 0.15) is 0 Å². The molecule has 0 aliphatic rings. The second-order valence-corrected chi connectivity index (χ2v) is 7.89. The first kappa shape index (κ1) is 22.5. The Balaban J connectivity index is 1.78. The number of hydrogen-bond acceptors (Lipinski definition) is 2. The number of pyridine rings is 2. The highest BCUT2D eigenvalue weighted by Gasteiger charge is 2.28. The fourth-order valence-corrected chi connectivity index (χ4v) is 3.44. The van der Waals surface area contributed by atoms with Crippen LogP contribution in [-0.4, -0.2) is 9.97 Å². The molecule has 2 aromatic heterocycles. The van der Waals surface area contributed by atoms with Crippen LogP contribution in [0.5, 0.6) is 0 Å². The van der Waals surface area contributed by atoms with Crippen molar-refractivity contribution in [2.45, 2.75) is 19.3 Å². The number of aromatic nitrogens is 2. The summed E-state index contributed by atoms with van der Waals surface area (Å²) in [6.45, 7) is 3.52. The highest BCUT2D eigenvalue weighted by Crippen LogP contribution is 2.33. The normalized spacial score (nSPS) is 11.6. The standard InChI is InChI=1S/C25H16F6N2/c1-25(2,19-7-3-5-17(32-19)13-9-11-15(26)23(30)21(13)28)20-8-4-6-18(33-20)14-10-12-16(27)24(31)22(14)29/h3-12H,1-2H3. The molecule has 0 aliphatic carbocycles. The van der Waals surface area contributed by atoms with Gasteiger partial charge in [0.2, 0.25) is 0 Å². The monoisotopic (exact) mass is 458 g/mol. The van der Waals surface area contributed by atoms with E-state index in [4.69, 9.17) is 0 Å². The van der Waals surface area contributed by atoms with Gasteiger partial charge in [0.15, 0.2) is 34.9 Å². The first-order valence-electron chi connectivity index (χ1n) is 9.84. The molecule has 2 aromatic carbocycles. The van der Waals surface area contributed by atoms with Crippen molar-refractivity contribution in [2.24, 2.45) is 0 Å². The number of halogens is 6. The lowest BCUT2D eigenvalue weighted by Gasteiger charge is -2.25. The van der Waals surface area contributed by atoms with Gasteiger partial charge in [0.05, 0.1) is 22.8 Å². The molecule has 0 aliphatic heterocycles. The minimum Gasteiger partial charge on any atom is -0.252 e. The maximum atomic E-state index is 14.3. The zero-order chi connectivity index (χ0) is 23.9. The van der Waals surface area contributed by atoms with E-state index in [2.05, 4.69) is 9.97 Å². The summed E-state index contributed by atoms with van der Waals surface area (Å²) >= 11 is 0. The average molecular weight is 458 g/mol. The van der Waals surface area contributed by atoms with Gasteiger partial charge in [-0.15, -0.1) is 0 Å². The third kappa shape index (κ3) is 3.97. The molecule has 2 heterocycles. The fourth-order valence-electron chi connectivity index (χ4n) is 3.44. The molecule has 0 radical (unpaired) electrons. The van der Waals surface area contributed by atoms with Crippen molar-refractivity contribution >= 4 is 0 Å². The summed E-state index contributed by atoms with van der Waals surface area (Å²) in [5, 5.41) is 0. The zero-order valence-corrected chi connectivity index (χ0v) is 17.4. The maximum absolute atomic E-state index is 14.3. The predicted molar refractivity (Wildman–Crippen MR) is 111 cm³/mol. The van der Waals surface area contributed by atoms with E-state index in [0.29, 0.717) is 11.4 Å². The van der Waals surface area contributed by atoms with Crippen molar-refractivity contribution < 1.29 is 26.3 Å². The van der Waals surface area contributed by atoms with E-state index in [-0.39, 0.29) is 22.5 Å². The molecule has 0 unspecified atom stereocenters. The summed E-state index contributed by atoms with van der Waals surface area (Å²) in [6.07, 6.45) is 0. The Morgan fingerprint density at radius 1 is 0.515 bits per heavy atom. The van der Waals surface area contributed by atoms with Crippen LogP contribution in [0.3, 0.4) is 0 Å². The van der Waals surface area contributed by atoms with Crippen LogP contribution in [0.1, 0.15) is 25.2 Å². The second-order valence-electron chi connectivity index (χ2n) is 7.89. The van der Waals surface area contributed by atoms with Gasteiger partial charge in [-0.3, -0.25) is 9.97 Å². The maximum Gasteiger partial charge on any atom is 0.195 e. The summed E-state index contributed by atoms with van der Waals surface area (Å²) < 4.78 is 82.6. The SMILES string of the molecule is CC(C)(c1cccc(-c2ccc(F)c(F)c2F)n1)c1cccc(-c2ccc(F)c(F)c2F)n1. The van der Waals surface area contributed by atoms with E-state index >= 15 is 0 Å². The van der Waals surface area contributed by atoms with E-state index in [0.717, 1.165) is 24.3 Å². The molecule has 8 heteroatoms. The van der Waals surface area contributed by atoms with Crippen LogP contribution in [0.15, 0.2) is 60.7 Å². The first-order valence-corrected chi connectivity index (χ1v) is 9.84. The molecule has 0 N–H and O–H groups in total. The van der Waals surface area contributed by atoms with Crippen LogP contribution in [0, 0.1) is 34.9 Å². The minimum atomic E-state index is -1.60. The highest BCUT2D eigenvalue weighted by molar-refractivity contribution is 5.62. The molecule has 0 spiro atoms. The van der Waals surface area contributed by atoms with Gasteiger partial charge in [-0.1, -0.05) is 12.1 Å². The van der Waals surface area contributed by atoms with Crippen LogP contribution < -0.4 is 0 Å². The van der Waals surface area contributed by atoms with E-state index in [9.17, 15) is 26.3 Å². The van der Waals surface area contributed by atoms with Gasteiger partial charge in [0.25, 0.3) is 0 Å². The van der Waals surface area contributed by atoms with Crippen molar-refractivity contribution in [3.05, 3.63) is 107 Å². The fraction of sp³-hybridized carbons (Fsp3) is 0.120. The Labute approximate surface area is 185 Å². The predicted octanol–water partition coefficient (Wildman–Crippen LogP) is 6.97. The zero-order valence-electron chi connectivity index (χ0n) is 17.4. The van der Waals surface area contributed by atoms with Crippen LogP contribution >= 0.6 is 0 Å². The van der Waals surface area contributed by atoms with Crippen molar-refractivity contribution in [1.82, 2.24) is 9.97 Å². The number of nitrogens with zero attached hydrogens (tertiary/aromatic N) is 2. The lowest BCUT2D eigenvalue weighted by atomic mass is 9.84. The van der Waals surface area contributed by atoms with Gasteiger partial charge >= 0.3 is 0 Å². The lowest BCUT2D eigenvalue weighted by Crippen LogP contribution is -2.22. The van der Waals surface area contributed by atoms with Gasteiger partial charge in [-0.2, -0.15) is 0 Å². The number of hydrogen-bond donors (Lipinski definition) is 0. The average Bonchev–Trinajstić information content (AvgIpc) is 2.81. The molecule has 0 saturated heterocycles. The third-order valence-electron chi connectivity index (χ3n) is 5.40. The van der Waals surface area contributed by atoms with Crippen molar-refractivity contribution in [3.63, 3.8) is 0 Å². The topological polar surface area (TPSA) is 25.8 Å². The largest absolute Gasteiger partial charge is 0.252 e. The van der Waals surface area contributed by atoms with E-state index in [1.165, 1.54) is 12.1 Å². The van der Waals surface area contributed by atoms with Crippen LogP contribution in [-0.2, 0) is 5.41 Å². The quantitative estimate of drug-likeness (QED) is 0.244. The Hall–Kier alpha value is -3.68. The molecular formula is C25H16F6N2. The lowest BCUT2D eigenvalue weighted by molar-refractivity contribution is 0.448. The van der Waals surface area contributed by atoms with E-state index in [1.807, 2.05) is 0 Å². The summed E-state index contributed by atoms with van der Waals surface area (Å²) in [7, 11) is 0.